The van der Waals surface area contributed by atoms with Crippen molar-refractivity contribution in [3.05, 3.63) is 63.8 Å². The van der Waals surface area contributed by atoms with Crippen LogP contribution in [0.4, 0.5) is 5.00 Å². The molecule has 3 rings (SSSR count). The monoisotopic (exact) mass is 515 g/mol. The van der Waals surface area contributed by atoms with Crippen molar-refractivity contribution in [2.24, 2.45) is 0 Å². The number of carbonyl (C=O) groups is 2. The Bertz CT molecular complexity index is 1160. The van der Waals surface area contributed by atoms with Crippen molar-refractivity contribution in [2.45, 2.75) is 44.3 Å². The molecule has 10 heteroatoms. The molecule has 186 valence electrons. The number of aromatic nitrogens is 2. The minimum absolute atomic E-state index is 0.131. The Hall–Kier alpha value is -3.11. The highest BCUT2D eigenvalue weighted by atomic mass is 32.2. The fourth-order valence-electron chi connectivity index (χ4n) is 3.26. The highest BCUT2D eigenvalue weighted by Gasteiger charge is 2.22. The number of thioether (sulfide) groups is 1. The first-order valence-corrected chi connectivity index (χ1v) is 13.3. The van der Waals surface area contributed by atoms with E-state index in [1.165, 1.54) is 29.2 Å². The standard InChI is InChI=1S/C25H29N3O5S2/c1-3-32-23(30)13-11-19(24(31)33-4-2)26-22-12-10-18(35-22)14-15-34-25-27-20(16-21(29)28-25)17-8-6-5-7-9-17/h5-10,12,16,19,26H,3-4,11,13-15H2,1-2H3,(H,27,28,29)/t19-/m0/s1. The first-order chi connectivity index (χ1) is 17.0. The third-order valence-electron chi connectivity index (χ3n) is 4.87. The summed E-state index contributed by atoms with van der Waals surface area (Å²) in [5.74, 6) is -0.00298. The Morgan fingerprint density at radius 2 is 1.89 bits per heavy atom. The third kappa shape index (κ3) is 8.56. The predicted molar refractivity (Wildman–Crippen MR) is 139 cm³/mol. The van der Waals surface area contributed by atoms with Crippen LogP contribution in [0, 0.1) is 0 Å². The molecule has 0 spiro atoms. The number of anilines is 1. The molecule has 0 saturated heterocycles. The molecule has 8 nitrogen and oxygen atoms in total. The number of esters is 2. The van der Waals surface area contributed by atoms with Gasteiger partial charge in [-0.2, -0.15) is 0 Å². The number of thiophene rings is 1. The number of H-pyrrole nitrogens is 1. The van der Waals surface area contributed by atoms with Crippen LogP contribution in [0.1, 0.15) is 31.6 Å². The number of hydrogen-bond donors (Lipinski definition) is 2. The van der Waals surface area contributed by atoms with Gasteiger partial charge in [-0.15, -0.1) is 11.3 Å². The fraction of sp³-hybridized carbons (Fsp3) is 0.360. The number of aromatic amines is 1. The minimum atomic E-state index is -0.629. The molecule has 0 aliphatic rings. The summed E-state index contributed by atoms with van der Waals surface area (Å²) in [7, 11) is 0. The van der Waals surface area contributed by atoms with Crippen LogP contribution in [0.5, 0.6) is 0 Å². The maximum absolute atomic E-state index is 12.3. The van der Waals surface area contributed by atoms with E-state index in [1.807, 2.05) is 42.5 Å². The van der Waals surface area contributed by atoms with Gasteiger partial charge in [0, 0.05) is 28.7 Å². The summed E-state index contributed by atoms with van der Waals surface area (Å²) in [6.45, 7) is 4.07. The fourth-order valence-corrected chi connectivity index (χ4v) is 5.20. The van der Waals surface area contributed by atoms with Gasteiger partial charge in [-0.1, -0.05) is 42.1 Å². The molecule has 0 aliphatic heterocycles. The van der Waals surface area contributed by atoms with Crippen molar-refractivity contribution >= 4 is 40.0 Å². The zero-order valence-corrected chi connectivity index (χ0v) is 21.4. The largest absolute Gasteiger partial charge is 0.466 e. The Labute approximate surface area is 212 Å². The average Bonchev–Trinajstić information content (AvgIpc) is 3.29. The predicted octanol–water partition coefficient (Wildman–Crippen LogP) is 4.52. The average molecular weight is 516 g/mol. The highest BCUT2D eigenvalue weighted by molar-refractivity contribution is 7.99. The summed E-state index contributed by atoms with van der Waals surface area (Å²) < 4.78 is 10.1. The van der Waals surface area contributed by atoms with Gasteiger partial charge in [0.25, 0.3) is 5.56 Å². The Morgan fingerprint density at radius 1 is 1.11 bits per heavy atom. The van der Waals surface area contributed by atoms with Crippen LogP contribution >= 0.6 is 23.1 Å². The molecule has 1 aromatic carbocycles. The van der Waals surface area contributed by atoms with E-state index in [0.29, 0.717) is 17.5 Å². The number of aryl methyl sites for hydroxylation is 1. The minimum Gasteiger partial charge on any atom is -0.466 e. The van der Waals surface area contributed by atoms with Gasteiger partial charge >= 0.3 is 11.9 Å². The summed E-state index contributed by atoms with van der Waals surface area (Å²) in [6.07, 6.45) is 1.19. The molecule has 1 atom stereocenters. The molecule has 0 amide bonds. The van der Waals surface area contributed by atoms with E-state index in [4.69, 9.17) is 9.47 Å². The second-order valence-electron chi connectivity index (χ2n) is 7.46. The van der Waals surface area contributed by atoms with E-state index in [-0.39, 0.29) is 31.0 Å². The lowest BCUT2D eigenvalue weighted by Crippen LogP contribution is -2.32. The normalized spacial score (nSPS) is 11.6. The summed E-state index contributed by atoms with van der Waals surface area (Å²) in [5.41, 5.74) is 1.36. The number of ether oxygens (including phenoxy) is 2. The number of nitrogens with one attached hydrogen (secondary N) is 2. The van der Waals surface area contributed by atoms with Crippen LogP contribution in [0.3, 0.4) is 0 Å². The molecule has 0 saturated carbocycles. The topological polar surface area (TPSA) is 110 Å². The summed E-state index contributed by atoms with van der Waals surface area (Å²) in [4.78, 5) is 44.6. The third-order valence-corrected chi connectivity index (χ3v) is 6.82. The maximum atomic E-state index is 12.3. The molecule has 3 aromatic rings. The van der Waals surface area contributed by atoms with Gasteiger partial charge in [-0.25, -0.2) is 9.78 Å². The lowest BCUT2D eigenvalue weighted by molar-refractivity contribution is -0.145. The van der Waals surface area contributed by atoms with Crippen molar-refractivity contribution in [1.82, 2.24) is 9.97 Å². The van der Waals surface area contributed by atoms with Crippen molar-refractivity contribution in [1.29, 1.82) is 0 Å². The molecule has 0 fully saturated rings. The smallest absolute Gasteiger partial charge is 0.328 e. The van der Waals surface area contributed by atoms with Crippen LogP contribution in [0.2, 0.25) is 0 Å². The van der Waals surface area contributed by atoms with Gasteiger partial charge in [-0.05, 0) is 38.8 Å². The Kier molecular flexibility index (Phi) is 10.4. The van der Waals surface area contributed by atoms with Crippen molar-refractivity contribution in [2.75, 3.05) is 24.3 Å². The number of nitrogens with zero attached hydrogens (tertiary/aromatic N) is 1. The van der Waals surface area contributed by atoms with Crippen molar-refractivity contribution in [3.63, 3.8) is 0 Å². The highest BCUT2D eigenvalue weighted by Crippen LogP contribution is 2.26. The lowest BCUT2D eigenvalue weighted by Gasteiger charge is -2.16. The molecule has 0 unspecified atom stereocenters. The second-order valence-corrected chi connectivity index (χ2v) is 9.71. The number of carbonyl (C=O) groups excluding carboxylic acids is 2. The van der Waals surface area contributed by atoms with E-state index in [1.54, 1.807) is 13.8 Å². The SMILES string of the molecule is CCOC(=O)CC[C@H](Nc1ccc(CCSc2nc(-c3ccccc3)cc(=O)[nH]2)s1)C(=O)OCC. The van der Waals surface area contributed by atoms with Gasteiger partial charge in [0.1, 0.15) is 6.04 Å². The van der Waals surface area contributed by atoms with Crippen LogP contribution < -0.4 is 10.9 Å². The molecule has 35 heavy (non-hydrogen) atoms. The first-order valence-electron chi connectivity index (χ1n) is 11.5. The number of benzene rings is 1. The zero-order valence-electron chi connectivity index (χ0n) is 19.7. The summed E-state index contributed by atoms with van der Waals surface area (Å²) in [5, 5.41) is 4.59. The van der Waals surface area contributed by atoms with Gasteiger partial charge in [0.05, 0.1) is 23.9 Å². The second kappa shape index (κ2) is 13.7. The van der Waals surface area contributed by atoms with Crippen LogP contribution in [0.25, 0.3) is 11.3 Å². The van der Waals surface area contributed by atoms with Gasteiger partial charge in [0.2, 0.25) is 0 Å². The maximum Gasteiger partial charge on any atom is 0.328 e. The van der Waals surface area contributed by atoms with Crippen molar-refractivity contribution < 1.29 is 19.1 Å². The van der Waals surface area contributed by atoms with E-state index >= 15 is 0 Å². The summed E-state index contributed by atoms with van der Waals surface area (Å²) in [6, 6.07) is 14.4. The quantitative estimate of drug-likeness (QED) is 0.194. The van der Waals surface area contributed by atoms with Crippen LogP contribution in [0.15, 0.2) is 58.5 Å². The van der Waals surface area contributed by atoms with Gasteiger partial charge in [0.15, 0.2) is 5.16 Å². The molecule has 2 heterocycles. The number of rotatable bonds is 13. The molecule has 0 bridgehead atoms. The molecule has 2 N–H and O–H groups in total. The van der Waals surface area contributed by atoms with Crippen LogP contribution in [-0.4, -0.2) is 46.9 Å². The molecule has 0 radical (unpaired) electrons. The molecule has 2 aromatic heterocycles. The van der Waals surface area contributed by atoms with E-state index in [9.17, 15) is 14.4 Å². The zero-order chi connectivity index (χ0) is 25.0. The van der Waals surface area contributed by atoms with Gasteiger partial charge < -0.3 is 19.8 Å². The Balaban J connectivity index is 1.56. The molecule has 0 aliphatic carbocycles. The van der Waals surface area contributed by atoms with E-state index < -0.39 is 12.0 Å². The molecular weight excluding hydrogens is 486 g/mol. The lowest BCUT2D eigenvalue weighted by atomic mass is 10.1. The number of hydrogen-bond acceptors (Lipinski definition) is 9. The molecular formula is C25H29N3O5S2. The van der Waals surface area contributed by atoms with Crippen molar-refractivity contribution in [3.8, 4) is 11.3 Å². The Morgan fingerprint density at radius 3 is 2.63 bits per heavy atom. The van der Waals surface area contributed by atoms with E-state index in [2.05, 4.69) is 15.3 Å². The van der Waals surface area contributed by atoms with Crippen LogP contribution in [-0.2, 0) is 25.5 Å². The van der Waals surface area contributed by atoms with Gasteiger partial charge in [-0.3, -0.25) is 9.59 Å². The first kappa shape index (κ1) is 26.5. The summed E-state index contributed by atoms with van der Waals surface area (Å²) >= 11 is 3.02. The van der Waals surface area contributed by atoms with E-state index in [0.717, 1.165) is 27.6 Å².